The van der Waals surface area contributed by atoms with E-state index in [1.807, 2.05) is 6.07 Å². The van der Waals surface area contributed by atoms with E-state index in [1.54, 1.807) is 0 Å². The first-order valence-electron chi connectivity index (χ1n) is 7.06. The van der Waals surface area contributed by atoms with E-state index < -0.39 is 0 Å². The third-order valence-corrected chi connectivity index (χ3v) is 3.84. The molecule has 1 aromatic carbocycles. The summed E-state index contributed by atoms with van der Waals surface area (Å²) in [5.74, 6) is 1.08. The summed E-state index contributed by atoms with van der Waals surface area (Å²) in [5, 5.41) is 11.7. The second kappa shape index (κ2) is 7.02. The zero-order chi connectivity index (χ0) is 13.5. The molecule has 4 heteroatoms. The molecule has 1 aliphatic carbocycles. The highest BCUT2D eigenvalue weighted by Crippen LogP contribution is 2.27. The Morgan fingerprint density at radius 1 is 1.26 bits per heavy atom. The molecule has 1 aliphatic rings. The monoisotopic (exact) mass is 261 g/mol. The van der Waals surface area contributed by atoms with Crippen LogP contribution in [0.25, 0.3) is 0 Å². The van der Waals surface area contributed by atoms with E-state index in [9.17, 15) is 0 Å². The first kappa shape index (κ1) is 13.7. The zero-order valence-electron chi connectivity index (χ0n) is 11.3. The first-order chi connectivity index (χ1) is 9.29. The Kier molecular flexibility index (Phi) is 5.07. The molecule has 2 rings (SSSR count). The summed E-state index contributed by atoms with van der Waals surface area (Å²) in [6.07, 6.45) is 5.96. The fourth-order valence-corrected chi connectivity index (χ4v) is 2.77. The number of hydrogen-bond acceptors (Lipinski definition) is 3. The minimum absolute atomic E-state index is 0.298. The minimum Gasteiger partial charge on any atom is -0.409 e. The van der Waals surface area contributed by atoms with Gasteiger partial charge in [-0.05, 0) is 30.9 Å². The Balaban J connectivity index is 1.99. The molecule has 1 fully saturated rings. The molecule has 0 heterocycles. The molecule has 0 atom stereocenters. The number of oxime groups is 1. The lowest BCUT2D eigenvalue weighted by atomic mass is 10.1. The van der Waals surface area contributed by atoms with E-state index in [4.69, 9.17) is 10.9 Å². The van der Waals surface area contributed by atoms with Gasteiger partial charge in [-0.2, -0.15) is 0 Å². The highest BCUT2D eigenvalue weighted by atomic mass is 16.4. The van der Waals surface area contributed by atoms with Crippen LogP contribution in [0.5, 0.6) is 0 Å². The molecule has 104 valence electrons. The van der Waals surface area contributed by atoms with Crippen molar-refractivity contribution in [1.82, 2.24) is 0 Å². The van der Waals surface area contributed by atoms with Crippen LogP contribution in [0.15, 0.2) is 35.5 Å². The lowest BCUT2D eigenvalue weighted by molar-refractivity contribution is 0.317. The van der Waals surface area contributed by atoms with Gasteiger partial charge in [0.25, 0.3) is 0 Å². The van der Waals surface area contributed by atoms with Crippen LogP contribution in [-0.2, 0) is 0 Å². The molecule has 0 amide bonds. The van der Waals surface area contributed by atoms with Gasteiger partial charge in [0.05, 0.1) is 0 Å². The maximum absolute atomic E-state index is 8.65. The quantitative estimate of drug-likeness (QED) is 0.358. The van der Waals surface area contributed by atoms with Crippen LogP contribution in [0.4, 0.5) is 5.69 Å². The van der Waals surface area contributed by atoms with Gasteiger partial charge in [0, 0.05) is 25.2 Å². The van der Waals surface area contributed by atoms with Gasteiger partial charge in [0.15, 0.2) is 0 Å². The molecule has 0 radical (unpaired) electrons. The van der Waals surface area contributed by atoms with Crippen LogP contribution in [0.1, 0.15) is 32.1 Å². The summed E-state index contributed by atoms with van der Waals surface area (Å²) in [4.78, 5) is 2.36. The van der Waals surface area contributed by atoms with Gasteiger partial charge >= 0.3 is 0 Å². The smallest absolute Gasteiger partial charge is 0.140 e. The topological polar surface area (TPSA) is 61.8 Å². The molecule has 0 spiro atoms. The van der Waals surface area contributed by atoms with E-state index in [1.165, 1.54) is 31.4 Å². The van der Waals surface area contributed by atoms with Crippen molar-refractivity contribution in [3.8, 4) is 0 Å². The fraction of sp³-hybridized carbons (Fsp3) is 0.533. The minimum atomic E-state index is 0.298. The molecule has 0 saturated heterocycles. The molecule has 19 heavy (non-hydrogen) atoms. The Labute approximate surface area is 114 Å². The third kappa shape index (κ3) is 4.16. The van der Waals surface area contributed by atoms with Crippen molar-refractivity contribution in [2.75, 3.05) is 18.0 Å². The molecule has 1 aromatic rings. The molecule has 3 N–H and O–H groups in total. The van der Waals surface area contributed by atoms with Gasteiger partial charge in [-0.15, -0.1) is 0 Å². The highest BCUT2D eigenvalue weighted by molar-refractivity contribution is 5.80. The van der Waals surface area contributed by atoms with Gasteiger partial charge in [-0.3, -0.25) is 0 Å². The maximum atomic E-state index is 8.65. The van der Waals surface area contributed by atoms with Crippen molar-refractivity contribution < 1.29 is 5.21 Å². The van der Waals surface area contributed by atoms with Crippen molar-refractivity contribution >= 4 is 11.5 Å². The second-order valence-electron chi connectivity index (χ2n) is 5.27. The van der Waals surface area contributed by atoms with E-state index in [-0.39, 0.29) is 0 Å². The Morgan fingerprint density at radius 2 is 1.95 bits per heavy atom. The summed E-state index contributed by atoms with van der Waals surface area (Å²) in [6, 6.07) is 10.4. The number of para-hydroxylation sites is 1. The second-order valence-corrected chi connectivity index (χ2v) is 5.27. The van der Waals surface area contributed by atoms with Crippen molar-refractivity contribution in [2.24, 2.45) is 16.8 Å². The molecule has 4 nitrogen and oxygen atoms in total. The highest BCUT2D eigenvalue weighted by Gasteiger charge is 2.19. The number of nitrogens with two attached hydrogens (primary N) is 1. The standard InChI is InChI=1S/C15H23N3O/c16-15(17-19)10-11-18(12-13-6-4-5-7-13)14-8-2-1-3-9-14/h1-3,8-9,13,19H,4-7,10-12H2,(H2,16,17). The average molecular weight is 261 g/mol. The SMILES string of the molecule is NC(CCN(CC1CCCC1)c1ccccc1)=NO. The van der Waals surface area contributed by atoms with Crippen LogP contribution in [0.3, 0.4) is 0 Å². The lowest BCUT2D eigenvalue weighted by Gasteiger charge is -2.27. The molecule has 0 bridgehead atoms. The van der Waals surface area contributed by atoms with Gasteiger partial charge in [0.1, 0.15) is 5.84 Å². The molecule has 0 aliphatic heterocycles. The number of rotatable bonds is 6. The molecular weight excluding hydrogens is 238 g/mol. The first-order valence-corrected chi connectivity index (χ1v) is 7.06. The van der Waals surface area contributed by atoms with Gasteiger partial charge in [0.2, 0.25) is 0 Å². The van der Waals surface area contributed by atoms with Crippen molar-refractivity contribution in [1.29, 1.82) is 0 Å². The molecular formula is C15H23N3O. The van der Waals surface area contributed by atoms with Crippen LogP contribution < -0.4 is 10.6 Å². The summed E-state index contributed by atoms with van der Waals surface area (Å²) < 4.78 is 0. The Morgan fingerprint density at radius 3 is 2.58 bits per heavy atom. The normalized spacial score (nSPS) is 16.7. The van der Waals surface area contributed by atoms with Crippen LogP contribution in [-0.4, -0.2) is 24.1 Å². The van der Waals surface area contributed by atoms with E-state index in [0.717, 1.165) is 19.0 Å². The fourth-order valence-electron chi connectivity index (χ4n) is 2.77. The maximum Gasteiger partial charge on any atom is 0.140 e. The van der Waals surface area contributed by atoms with Crippen LogP contribution in [0.2, 0.25) is 0 Å². The number of hydrogen-bond donors (Lipinski definition) is 2. The summed E-state index contributed by atoms with van der Waals surface area (Å²) in [6.45, 7) is 1.87. The van der Waals surface area contributed by atoms with Gasteiger partial charge in [-0.1, -0.05) is 36.2 Å². The van der Waals surface area contributed by atoms with Crippen molar-refractivity contribution in [2.45, 2.75) is 32.1 Å². The van der Waals surface area contributed by atoms with Crippen LogP contribution in [0, 0.1) is 5.92 Å². The van der Waals surface area contributed by atoms with Crippen molar-refractivity contribution in [3.63, 3.8) is 0 Å². The third-order valence-electron chi connectivity index (χ3n) is 3.84. The number of amidine groups is 1. The molecule has 1 saturated carbocycles. The van der Waals surface area contributed by atoms with E-state index in [2.05, 4.69) is 34.3 Å². The summed E-state index contributed by atoms with van der Waals surface area (Å²) in [5.41, 5.74) is 6.80. The van der Waals surface area contributed by atoms with Crippen LogP contribution >= 0.6 is 0 Å². The Bertz CT molecular complexity index is 399. The van der Waals surface area contributed by atoms with Gasteiger partial charge < -0.3 is 15.8 Å². The predicted octanol–water partition coefficient (Wildman–Crippen LogP) is 2.82. The van der Waals surface area contributed by atoms with E-state index >= 15 is 0 Å². The molecule has 0 unspecified atom stereocenters. The lowest BCUT2D eigenvalue weighted by Crippen LogP contribution is -2.32. The predicted molar refractivity (Wildman–Crippen MR) is 78.6 cm³/mol. The largest absolute Gasteiger partial charge is 0.409 e. The zero-order valence-corrected chi connectivity index (χ0v) is 11.3. The number of nitrogens with zero attached hydrogens (tertiary/aromatic N) is 2. The summed E-state index contributed by atoms with van der Waals surface area (Å²) in [7, 11) is 0. The molecule has 0 aromatic heterocycles. The van der Waals surface area contributed by atoms with Gasteiger partial charge in [-0.25, -0.2) is 0 Å². The average Bonchev–Trinajstić information content (AvgIpc) is 2.97. The Hall–Kier alpha value is -1.71. The van der Waals surface area contributed by atoms with E-state index in [0.29, 0.717) is 12.3 Å². The number of anilines is 1. The van der Waals surface area contributed by atoms with Crippen molar-refractivity contribution in [3.05, 3.63) is 30.3 Å². The summed E-state index contributed by atoms with van der Waals surface area (Å²) >= 11 is 0. The number of benzene rings is 1.